The topological polar surface area (TPSA) is 43.3 Å². The molecule has 4 rings (SSSR count). The van der Waals surface area contributed by atoms with Gasteiger partial charge in [0.25, 0.3) is 0 Å². The Labute approximate surface area is 128 Å². The van der Waals surface area contributed by atoms with Crippen LogP contribution >= 0.6 is 0 Å². The molecule has 3 heterocycles. The quantitative estimate of drug-likeness (QED) is 0.502. The molecule has 22 heavy (non-hydrogen) atoms. The van der Waals surface area contributed by atoms with E-state index in [1.165, 1.54) is 0 Å². The van der Waals surface area contributed by atoms with Crippen LogP contribution < -0.4 is 0 Å². The first-order chi connectivity index (χ1) is 10.9. The third kappa shape index (κ3) is 2.89. The molecule has 0 aliphatic rings. The Morgan fingerprint density at radius 1 is 0.909 bits per heavy atom. The summed E-state index contributed by atoms with van der Waals surface area (Å²) in [5.41, 5.74) is 1.38. The van der Waals surface area contributed by atoms with Gasteiger partial charge in [-0.3, -0.25) is 0 Å². The second-order valence-corrected chi connectivity index (χ2v) is 4.39. The number of terminal acetylenes is 1. The molecule has 4 heteroatoms. The van der Waals surface area contributed by atoms with Crippen LogP contribution in [0.3, 0.4) is 0 Å². The summed E-state index contributed by atoms with van der Waals surface area (Å²) in [4.78, 5) is 4.33. The van der Waals surface area contributed by atoms with Crippen LogP contribution in [0.4, 0.5) is 0 Å². The van der Waals surface area contributed by atoms with Gasteiger partial charge in [0.05, 0.1) is 6.26 Å². The average molecular weight is 287 g/mol. The van der Waals surface area contributed by atoms with Gasteiger partial charge in [-0.2, -0.15) is 0 Å². The number of furan rings is 1. The molecule has 1 aromatic carbocycles. The molecule has 0 saturated heterocycles. The summed E-state index contributed by atoms with van der Waals surface area (Å²) in [6.45, 7) is 0. The Morgan fingerprint density at radius 3 is 2.23 bits per heavy atom. The third-order valence-corrected chi connectivity index (χ3v) is 2.92. The van der Waals surface area contributed by atoms with Crippen LogP contribution in [0.2, 0.25) is 0 Å². The van der Waals surface area contributed by atoms with Crippen molar-refractivity contribution in [3.05, 3.63) is 78.7 Å². The molecule has 3 aromatic heterocycles. The molecular formula is C18H13N3O. The van der Waals surface area contributed by atoms with Crippen LogP contribution in [-0.4, -0.2) is 14.6 Å². The summed E-state index contributed by atoms with van der Waals surface area (Å²) in [5.74, 6) is 3.72. The van der Waals surface area contributed by atoms with Gasteiger partial charge in [0.15, 0.2) is 11.4 Å². The van der Waals surface area contributed by atoms with Crippen LogP contribution in [0.5, 0.6) is 0 Å². The molecule has 0 atom stereocenters. The number of rotatable bonds is 1. The second kappa shape index (κ2) is 6.42. The third-order valence-electron chi connectivity index (χ3n) is 2.92. The van der Waals surface area contributed by atoms with E-state index in [2.05, 4.69) is 16.0 Å². The number of benzene rings is 1. The van der Waals surface area contributed by atoms with Crippen LogP contribution in [0.25, 0.3) is 17.2 Å². The van der Waals surface area contributed by atoms with Gasteiger partial charge < -0.3 is 4.42 Å². The second-order valence-electron chi connectivity index (χ2n) is 4.39. The van der Waals surface area contributed by atoms with Crippen molar-refractivity contribution in [1.29, 1.82) is 0 Å². The summed E-state index contributed by atoms with van der Waals surface area (Å²) >= 11 is 0. The smallest absolute Gasteiger partial charge is 0.217 e. The van der Waals surface area contributed by atoms with Gasteiger partial charge in [0.2, 0.25) is 5.82 Å². The highest BCUT2D eigenvalue weighted by atomic mass is 16.3. The zero-order chi connectivity index (χ0) is 15.2. The Balaban J connectivity index is 0.000000202. The molecule has 0 aliphatic heterocycles. The van der Waals surface area contributed by atoms with Crippen molar-refractivity contribution in [1.82, 2.24) is 14.6 Å². The molecule has 0 bridgehead atoms. The molecule has 0 fully saturated rings. The number of pyridine rings is 1. The van der Waals surface area contributed by atoms with Gasteiger partial charge in [-0.25, -0.2) is 9.50 Å². The van der Waals surface area contributed by atoms with Gasteiger partial charge in [0, 0.05) is 0 Å². The highest BCUT2D eigenvalue weighted by molar-refractivity contribution is 5.53. The van der Waals surface area contributed by atoms with Crippen molar-refractivity contribution in [2.45, 2.75) is 0 Å². The van der Waals surface area contributed by atoms with E-state index in [4.69, 9.17) is 10.8 Å². The van der Waals surface area contributed by atoms with Crippen molar-refractivity contribution >= 4 is 5.65 Å². The SMILES string of the molecule is C#Cc1cccc2nc(-c3ccco3)nn12.c1ccccc1. The predicted octanol–water partition coefficient (Wildman–Crippen LogP) is 3.66. The maximum atomic E-state index is 5.38. The number of aromatic nitrogens is 3. The predicted molar refractivity (Wildman–Crippen MR) is 85.1 cm³/mol. The lowest BCUT2D eigenvalue weighted by atomic mass is 10.3. The van der Waals surface area contributed by atoms with Crippen molar-refractivity contribution in [3.63, 3.8) is 0 Å². The van der Waals surface area contributed by atoms with Crippen molar-refractivity contribution in [3.8, 4) is 23.9 Å². The fourth-order valence-corrected chi connectivity index (χ4v) is 1.91. The number of hydrogen-bond donors (Lipinski definition) is 0. The van der Waals surface area contributed by atoms with Crippen LogP contribution in [0, 0.1) is 12.3 Å². The van der Waals surface area contributed by atoms with Crippen molar-refractivity contribution in [2.75, 3.05) is 0 Å². The standard InChI is InChI=1S/C12H7N3O.C6H6/c1-2-9-5-3-7-11-13-12(14-15(9)11)10-6-4-8-16-10;1-2-4-6-5-3-1/h1,3-8H;1-6H. The first-order valence-corrected chi connectivity index (χ1v) is 6.75. The van der Waals surface area contributed by atoms with E-state index in [-0.39, 0.29) is 0 Å². The fourth-order valence-electron chi connectivity index (χ4n) is 1.91. The first kappa shape index (κ1) is 13.7. The summed E-state index contributed by atoms with van der Waals surface area (Å²) in [7, 11) is 0. The lowest BCUT2D eigenvalue weighted by Crippen LogP contribution is -1.92. The highest BCUT2D eigenvalue weighted by Gasteiger charge is 2.09. The molecule has 0 radical (unpaired) electrons. The fraction of sp³-hybridized carbons (Fsp3) is 0. The number of nitrogens with zero attached hydrogens (tertiary/aromatic N) is 3. The molecule has 0 spiro atoms. The minimum absolute atomic E-state index is 0.535. The van der Waals surface area contributed by atoms with Gasteiger partial charge in [0.1, 0.15) is 5.69 Å². The maximum absolute atomic E-state index is 5.38. The Hall–Kier alpha value is -3.32. The molecule has 4 nitrogen and oxygen atoms in total. The van der Waals surface area contributed by atoms with Crippen LogP contribution in [0.15, 0.2) is 77.4 Å². The number of fused-ring (bicyclic) bond motifs is 1. The van der Waals surface area contributed by atoms with Crippen molar-refractivity contribution < 1.29 is 4.42 Å². The van der Waals surface area contributed by atoms with E-state index in [1.807, 2.05) is 60.7 Å². The summed E-state index contributed by atoms with van der Waals surface area (Å²) in [6, 6.07) is 21.1. The number of hydrogen-bond acceptors (Lipinski definition) is 3. The molecule has 0 saturated carbocycles. The zero-order valence-corrected chi connectivity index (χ0v) is 11.8. The minimum Gasteiger partial charge on any atom is -0.461 e. The Kier molecular flexibility index (Phi) is 3.98. The van der Waals surface area contributed by atoms with E-state index in [9.17, 15) is 0 Å². The van der Waals surface area contributed by atoms with E-state index >= 15 is 0 Å². The Morgan fingerprint density at radius 2 is 1.64 bits per heavy atom. The molecule has 0 unspecified atom stereocenters. The minimum atomic E-state index is 0.535. The largest absolute Gasteiger partial charge is 0.461 e. The molecule has 0 N–H and O–H groups in total. The summed E-state index contributed by atoms with van der Waals surface area (Å²) < 4.78 is 6.86. The van der Waals surface area contributed by atoms with Crippen molar-refractivity contribution in [2.24, 2.45) is 0 Å². The van der Waals surface area contributed by atoms with E-state index in [0.29, 0.717) is 22.9 Å². The molecular weight excluding hydrogens is 274 g/mol. The zero-order valence-electron chi connectivity index (χ0n) is 11.8. The Bertz CT molecular complexity index is 860. The monoisotopic (exact) mass is 287 g/mol. The molecule has 0 amide bonds. The molecule has 0 aliphatic carbocycles. The van der Waals surface area contributed by atoms with Gasteiger partial charge in [-0.15, -0.1) is 11.5 Å². The maximum Gasteiger partial charge on any atom is 0.217 e. The normalized spacial score (nSPS) is 9.77. The van der Waals surface area contributed by atoms with Gasteiger partial charge >= 0.3 is 0 Å². The van der Waals surface area contributed by atoms with Gasteiger partial charge in [-0.1, -0.05) is 48.4 Å². The van der Waals surface area contributed by atoms with E-state index in [0.717, 1.165) is 0 Å². The lowest BCUT2D eigenvalue weighted by molar-refractivity contribution is 0.577. The molecule has 4 aromatic rings. The average Bonchev–Trinajstić information content (AvgIpc) is 3.25. The van der Waals surface area contributed by atoms with E-state index < -0.39 is 0 Å². The summed E-state index contributed by atoms with van der Waals surface area (Å²) in [5, 5.41) is 4.30. The van der Waals surface area contributed by atoms with E-state index in [1.54, 1.807) is 16.8 Å². The highest BCUT2D eigenvalue weighted by Crippen LogP contribution is 2.16. The summed E-state index contributed by atoms with van der Waals surface area (Å²) in [6.07, 6.45) is 6.97. The van der Waals surface area contributed by atoms with Gasteiger partial charge in [-0.05, 0) is 24.3 Å². The van der Waals surface area contributed by atoms with Crippen LogP contribution in [0.1, 0.15) is 5.69 Å². The first-order valence-electron chi connectivity index (χ1n) is 6.75. The van der Waals surface area contributed by atoms with Crippen LogP contribution in [-0.2, 0) is 0 Å². The molecule has 106 valence electrons. The lowest BCUT2D eigenvalue weighted by Gasteiger charge is -1.93.